The highest BCUT2D eigenvalue weighted by Gasteiger charge is 2.34. The van der Waals surface area contributed by atoms with Gasteiger partial charge in [-0.3, -0.25) is 4.79 Å². The van der Waals surface area contributed by atoms with Crippen molar-refractivity contribution in [3.63, 3.8) is 0 Å². The molecule has 14 heteroatoms. The first-order valence-electron chi connectivity index (χ1n) is 11.5. The number of fused-ring (bicyclic) bond motifs is 1. The zero-order valence-electron chi connectivity index (χ0n) is 21.2. The molecule has 1 N–H and O–H groups in total. The number of halogens is 5. The summed E-state index contributed by atoms with van der Waals surface area (Å²) >= 11 is 5.87. The van der Waals surface area contributed by atoms with E-state index in [0.717, 1.165) is 36.0 Å². The van der Waals surface area contributed by atoms with Crippen molar-refractivity contribution in [2.24, 2.45) is 0 Å². The number of rotatable bonds is 5. The van der Waals surface area contributed by atoms with E-state index in [1.165, 1.54) is 23.8 Å². The van der Waals surface area contributed by atoms with Gasteiger partial charge in [0.1, 0.15) is 11.6 Å². The van der Waals surface area contributed by atoms with Crippen molar-refractivity contribution in [1.29, 1.82) is 0 Å². The molecular formula is C26H21ClF4N6O3. The second kappa shape index (κ2) is 11.3. The summed E-state index contributed by atoms with van der Waals surface area (Å²) in [5.41, 5.74) is 1.50. The molecule has 0 aliphatic heterocycles. The minimum Gasteiger partial charge on any atom is -0.495 e. The maximum absolute atomic E-state index is 13.7. The summed E-state index contributed by atoms with van der Waals surface area (Å²) < 4.78 is 62.8. The molecule has 3 aromatic heterocycles. The van der Waals surface area contributed by atoms with Crippen LogP contribution < -0.4 is 4.74 Å². The predicted molar refractivity (Wildman–Crippen MR) is 137 cm³/mol. The maximum Gasteiger partial charge on any atom is 0.433 e. The van der Waals surface area contributed by atoms with Crippen molar-refractivity contribution >= 4 is 23.3 Å². The number of aromatic nitrogens is 6. The monoisotopic (exact) mass is 576 g/mol. The highest BCUT2D eigenvalue weighted by molar-refractivity contribution is 6.31. The number of ether oxygens (including phenoxy) is 1. The lowest BCUT2D eigenvalue weighted by Gasteiger charge is -2.10. The number of hydrogen-bond donors (Lipinski definition) is 1. The Morgan fingerprint density at radius 3 is 2.45 bits per heavy atom. The Labute approximate surface area is 229 Å². The quantitative estimate of drug-likeness (QED) is 0.264. The first-order chi connectivity index (χ1) is 18.8. The molecule has 0 spiro atoms. The number of methoxy groups -OCH3 is 1. The van der Waals surface area contributed by atoms with Crippen LogP contribution in [0.3, 0.4) is 0 Å². The molecular weight excluding hydrogens is 556 g/mol. The molecule has 2 aromatic carbocycles. The second-order valence-electron chi connectivity index (χ2n) is 8.52. The molecule has 3 heterocycles. The average Bonchev–Trinajstić information content (AvgIpc) is 3.49. The van der Waals surface area contributed by atoms with E-state index in [0.29, 0.717) is 5.75 Å². The summed E-state index contributed by atoms with van der Waals surface area (Å²) in [6, 6.07) is 9.94. The molecule has 5 aromatic rings. The fourth-order valence-corrected chi connectivity index (χ4v) is 3.95. The van der Waals surface area contributed by atoms with Crippen molar-refractivity contribution in [2.75, 3.05) is 7.11 Å². The van der Waals surface area contributed by atoms with Crippen LogP contribution >= 0.6 is 11.6 Å². The van der Waals surface area contributed by atoms with Gasteiger partial charge in [-0.2, -0.15) is 22.7 Å². The maximum atomic E-state index is 13.7. The van der Waals surface area contributed by atoms with Crippen molar-refractivity contribution in [3.8, 4) is 22.7 Å². The lowest BCUT2D eigenvalue weighted by Crippen LogP contribution is -2.11. The average molecular weight is 577 g/mol. The first kappa shape index (κ1) is 28.5. The Morgan fingerprint density at radius 2 is 1.85 bits per heavy atom. The van der Waals surface area contributed by atoms with E-state index in [1.807, 2.05) is 29.8 Å². The second-order valence-corrected chi connectivity index (χ2v) is 8.92. The van der Waals surface area contributed by atoms with Gasteiger partial charge in [0.2, 0.25) is 0 Å². The Hall–Kier alpha value is -4.52. The summed E-state index contributed by atoms with van der Waals surface area (Å²) in [5, 5.41) is 11.6. The van der Waals surface area contributed by atoms with Crippen LogP contribution in [-0.2, 0) is 17.4 Å². The number of carboxylic acids is 1. The SMILES string of the molecule is CC(=O)O.COc1cc(Cc2nc3nc(C(F)(F)F)cc(-c4ccc(F)c(Cl)c4)n3n2)ccc1-n1cnc(C)c1. The molecule has 0 saturated heterocycles. The summed E-state index contributed by atoms with van der Waals surface area (Å²) in [5.74, 6) is -0.950. The van der Waals surface area contributed by atoms with E-state index in [2.05, 4.69) is 20.1 Å². The molecule has 5 rings (SSSR count). The standard InChI is InChI=1S/C24H17ClF4N6O.C2H4O2/c1-13-11-34(12-30-13)18-6-3-14(7-20(18)36-2)8-22-32-23-31-21(24(27,28)29)10-19(35(23)33-22)15-4-5-17(26)16(25)9-15;1-2(3)4/h3-7,9-12H,8H2,1-2H3;1H3,(H,3,4). The largest absolute Gasteiger partial charge is 0.495 e. The molecule has 40 heavy (non-hydrogen) atoms. The summed E-state index contributed by atoms with van der Waals surface area (Å²) in [7, 11) is 1.54. The molecule has 0 aliphatic carbocycles. The first-order valence-corrected chi connectivity index (χ1v) is 11.9. The van der Waals surface area contributed by atoms with Gasteiger partial charge in [0.05, 0.1) is 35.5 Å². The number of imidazole rings is 1. The molecule has 0 radical (unpaired) electrons. The minimum atomic E-state index is -4.72. The van der Waals surface area contributed by atoms with Gasteiger partial charge in [-0.15, -0.1) is 5.10 Å². The fraction of sp³-hybridized carbons (Fsp3) is 0.192. The number of aryl methyl sites for hydroxylation is 1. The number of hydrogen-bond acceptors (Lipinski definition) is 6. The third kappa shape index (κ3) is 6.37. The third-order valence-corrected chi connectivity index (χ3v) is 5.75. The van der Waals surface area contributed by atoms with Crippen LogP contribution in [0.4, 0.5) is 17.6 Å². The molecule has 0 saturated carbocycles. The van der Waals surface area contributed by atoms with E-state index in [9.17, 15) is 17.6 Å². The van der Waals surface area contributed by atoms with Crippen molar-refractivity contribution in [1.82, 2.24) is 29.1 Å². The molecule has 0 amide bonds. The van der Waals surface area contributed by atoms with Gasteiger partial charge >= 0.3 is 6.18 Å². The molecule has 0 fully saturated rings. The van der Waals surface area contributed by atoms with Crippen LogP contribution in [0.5, 0.6) is 5.75 Å². The lowest BCUT2D eigenvalue weighted by molar-refractivity contribution is -0.141. The molecule has 0 aliphatic rings. The van der Waals surface area contributed by atoms with Gasteiger partial charge in [-0.25, -0.2) is 14.4 Å². The van der Waals surface area contributed by atoms with E-state index in [-0.39, 0.29) is 34.3 Å². The highest BCUT2D eigenvalue weighted by atomic mass is 35.5. The number of aliphatic carboxylic acids is 1. The number of carbonyl (C=O) groups is 1. The van der Waals surface area contributed by atoms with Gasteiger partial charge in [0.15, 0.2) is 11.5 Å². The van der Waals surface area contributed by atoms with Gasteiger partial charge < -0.3 is 14.4 Å². The van der Waals surface area contributed by atoms with E-state index in [4.69, 9.17) is 26.2 Å². The normalized spacial score (nSPS) is 11.3. The summed E-state index contributed by atoms with van der Waals surface area (Å²) in [4.78, 5) is 21.1. The van der Waals surface area contributed by atoms with Crippen LogP contribution in [0.25, 0.3) is 22.7 Å². The molecule has 0 bridgehead atoms. The zero-order chi connectivity index (χ0) is 29.2. The van der Waals surface area contributed by atoms with Crippen LogP contribution in [0, 0.1) is 12.7 Å². The Kier molecular flexibility index (Phi) is 8.05. The molecule has 0 unspecified atom stereocenters. The summed E-state index contributed by atoms with van der Waals surface area (Å²) in [6.07, 6.45) is -0.993. The fourth-order valence-electron chi connectivity index (χ4n) is 3.77. The number of carboxylic acid groups (broad SMARTS) is 1. The van der Waals surface area contributed by atoms with Crippen molar-refractivity contribution in [3.05, 3.63) is 88.6 Å². The van der Waals surface area contributed by atoms with Crippen molar-refractivity contribution < 1.29 is 32.2 Å². The Morgan fingerprint density at radius 1 is 1.12 bits per heavy atom. The molecule has 208 valence electrons. The lowest BCUT2D eigenvalue weighted by atomic mass is 10.1. The highest BCUT2D eigenvalue weighted by Crippen LogP contribution is 2.33. The third-order valence-electron chi connectivity index (χ3n) is 5.46. The number of alkyl halides is 3. The Balaban J connectivity index is 0.000000867. The number of benzene rings is 2. The summed E-state index contributed by atoms with van der Waals surface area (Å²) in [6.45, 7) is 2.96. The molecule has 0 atom stereocenters. The molecule has 9 nitrogen and oxygen atoms in total. The smallest absolute Gasteiger partial charge is 0.433 e. The van der Waals surface area contributed by atoms with Crippen LogP contribution in [0.2, 0.25) is 5.02 Å². The van der Waals surface area contributed by atoms with Crippen LogP contribution in [0.1, 0.15) is 29.7 Å². The Bertz CT molecular complexity index is 1700. The minimum absolute atomic E-state index is 0.0244. The van der Waals surface area contributed by atoms with Gasteiger partial charge in [-0.05, 0) is 48.9 Å². The van der Waals surface area contributed by atoms with E-state index >= 15 is 0 Å². The van der Waals surface area contributed by atoms with Crippen LogP contribution in [-0.4, -0.2) is 47.3 Å². The van der Waals surface area contributed by atoms with Gasteiger partial charge in [0.25, 0.3) is 11.7 Å². The van der Waals surface area contributed by atoms with Crippen LogP contribution in [0.15, 0.2) is 55.0 Å². The van der Waals surface area contributed by atoms with Crippen molar-refractivity contribution in [2.45, 2.75) is 26.4 Å². The number of nitrogens with zero attached hydrogens (tertiary/aromatic N) is 6. The van der Waals surface area contributed by atoms with Gasteiger partial charge in [0, 0.05) is 25.1 Å². The predicted octanol–water partition coefficient (Wildman–Crippen LogP) is 5.79. The topological polar surface area (TPSA) is 107 Å². The van der Waals surface area contributed by atoms with E-state index < -0.39 is 23.7 Å². The zero-order valence-corrected chi connectivity index (χ0v) is 22.0. The van der Waals surface area contributed by atoms with Gasteiger partial charge in [-0.1, -0.05) is 17.7 Å². The van der Waals surface area contributed by atoms with E-state index in [1.54, 1.807) is 12.4 Å².